The Morgan fingerprint density at radius 1 is 1.26 bits per heavy atom. The molecule has 3 rings (SSSR count). The van der Waals surface area contributed by atoms with E-state index in [4.69, 9.17) is 0 Å². The van der Waals surface area contributed by atoms with Gasteiger partial charge < -0.3 is 10.4 Å². The summed E-state index contributed by atoms with van der Waals surface area (Å²) in [7, 11) is 0. The standard InChI is InChI=1S/C17H15NO3S2/c1-10(19)12-7-16(22-9-12)17(21)18-8-13(20)15-6-11-4-2-3-5-14(11)23-15/h2-7,9,13,20H,8H2,1H3,(H,18,21)/t13-/m1/s1. The van der Waals surface area contributed by atoms with E-state index >= 15 is 0 Å². The van der Waals surface area contributed by atoms with Crippen molar-refractivity contribution in [3.63, 3.8) is 0 Å². The highest BCUT2D eigenvalue weighted by Gasteiger charge is 2.15. The lowest BCUT2D eigenvalue weighted by Crippen LogP contribution is -2.27. The molecule has 6 heteroatoms. The third kappa shape index (κ3) is 3.50. The number of ketones is 1. The van der Waals surface area contributed by atoms with Gasteiger partial charge in [0.2, 0.25) is 0 Å². The van der Waals surface area contributed by atoms with Gasteiger partial charge in [-0.3, -0.25) is 9.59 Å². The van der Waals surface area contributed by atoms with Crippen LogP contribution < -0.4 is 5.32 Å². The lowest BCUT2D eigenvalue weighted by atomic mass is 10.2. The first-order valence-corrected chi connectivity index (χ1v) is 8.78. The van der Waals surface area contributed by atoms with Crippen LogP contribution in [0.2, 0.25) is 0 Å². The molecule has 0 bridgehead atoms. The lowest BCUT2D eigenvalue weighted by molar-refractivity contribution is 0.0922. The van der Waals surface area contributed by atoms with Crippen molar-refractivity contribution in [2.24, 2.45) is 0 Å². The molecule has 0 saturated carbocycles. The van der Waals surface area contributed by atoms with Gasteiger partial charge in [0.15, 0.2) is 5.78 Å². The summed E-state index contributed by atoms with van der Waals surface area (Å²) in [6.07, 6.45) is -0.747. The number of nitrogens with one attached hydrogen (secondary N) is 1. The number of carbonyl (C=O) groups is 2. The number of benzene rings is 1. The van der Waals surface area contributed by atoms with Crippen molar-refractivity contribution in [3.8, 4) is 0 Å². The van der Waals surface area contributed by atoms with Crippen LogP contribution in [0, 0.1) is 0 Å². The van der Waals surface area contributed by atoms with Crippen LogP contribution in [0.3, 0.4) is 0 Å². The Bertz CT molecular complexity index is 832. The largest absolute Gasteiger partial charge is 0.386 e. The molecule has 0 spiro atoms. The predicted molar refractivity (Wildman–Crippen MR) is 93.4 cm³/mol. The number of Topliss-reactive ketones (excluding diaryl/α,β-unsaturated/α-hetero) is 1. The van der Waals surface area contributed by atoms with Crippen LogP contribution in [0.15, 0.2) is 41.8 Å². The van der Waals surface area contributed by atoms with Crippen molar-refractivity contribution in [1.29, 1.82) is 0 Å². The van der Waals surface area contributed by atoms with Gasteiger partial charge in [0, 0.05) is 27.1 Å². The molecule has 1 aromatic carbocycles. The van der Waals surface area contributed by atoms with E-state index in [0.717, 1.165) is 15.0 Å². The third-order valence-electron chi connectivity index (χ3n) is 3.46. The molecule has 23 heavy (non-hydrogen) atoms. The van der Waals surface area contributed by atoms with Gasteiger partial charge in [-0.25, -0.2) is 0 Å². The number of thiophene rings is 2. The third-order valence-corrected chi connectivity index (χ3v) is 5.61. The van der Waals surface area contributed by atoms with E-state index in [-0.39, 0.29) is 18.2 Å². The van der Waals surface area contributed by atoms with Gasteiger partial charge in [0.1, 0.15) is 6.10 Å². The van der Waals surface area contributed by atoms with Crippen LogP contribution in [-0.4, -0.2) is 23.3 Å². The molecule has 3 aromatic rings. The smallest absolute Gasteiger partial charge is 0.261 e. The first-order chi connectivity index (χ1) is 11.0. The van der Waals surface area contributed by atoms with E-state index in [2.05, 4.69) is 5.32 Å². The number of fused-ring (bicyclic) bond motifs is 1. The molecule has 0 saturated heterocycles. The summed E-state index contributed by atoms with van der Waals surface area (Å²) >= 11 is 2.74. The van der Waals surface area contributed by atoms with Crippen LogP contribution in [0.4, 0.5) is 0 Å². The van der Waals surface area contributed by atoms with E-state index in [1.54, 1.807) is 11.4 Å². The Morgan fingerprint density at radius 3 is 2.74 bits per heavy atom. The molecule has 2 N–H and O–H groups in total. The minimum atomic E-state index is -0.747. The summed E-state index contributed by atoms with van der Waals surface area (Å²) in [5.41, 5.74) is 0.533. The number of carbonyl (C=O) groups excluding carboxylic acids is 2. The van der Waals surface area contributed by atoms with Gasteiger partial charge in [0.25, 0.3) is 5.91 Å². The first-order valence-electron chi connectivity index (χ1n) is 7.09. The molecule has 0 radical (unpaired) electrons. The number of aliphatic hydroxyl groups excluding tert-OH is 1. The highest BCUT2D eigenvalue weighted by molar-refractivity contribution is 7.19. The van der Waals surface area contributed by atoms with Gasteiger partial charge in [0.05, 0.1) is 4.88 Å². The Balaban J connectivity index is 1.64. The molecular weight excluding hydrogens is 330 g/mol. The maximum atomic E-state index is 12.1. The fourth-order valence-electron chi connectivity index (χ4n) is 2.18. The molecule has 0 aliphatic heterocycles. The molecule has 118 valence electrons. The average Bonchev–Trinajstić information content (AvgIpc) is 3.18. The van der Waals surface area contributed by atoms with E-state index in [0.29, 0.717) is 10.4 Å². The van der Waals surface area contributed by atoms with Crippen molar-refractivity contribution in [2.45, 2.75) is 13.0 Å². The lowest BCUT2D eigenvalue weighted by Gasteiger charge is -2.09. The van der Waals surface area contributed by atoms with Crippen molar-refractivity contribution in [3.05, 3.63) is 57.1 Å². The molecule has 2 heterocycles. The fourth-order valence-corrected chi connectivity index (χ4v) is 4.10. The Kier molecular flexibility index (Phi) is 4.56. The summed E-state index contributed by atoms with van der Waals surface area (Å²) in [5, 5.41) is 15.7. The highest BCUT2D eigenvalue weighted by Crippen LogP contribution is 2.29. The van der Waals surface area contributed by atoms with Crippen LogP contribution in [0.1, 0.15) is 37.9 Å². The number of rotatable bonds is 5. The van der Waals surface area contributed by atoms with Gasteiger partial charge in [-0.15, -0.1) is 22.7 Å². The topological polar surface area (TPSA) is 66.4 Å². The van der Waals surface area contributed by atoms with Crippen LogP contribution in [-0.2, 0) is 0 Å². The van der Waals surface area contributed by atoms with Crippen LogP contribution in [0.5, 0.6) is 0 Å². The Morgan fingerprint density at radius 2 is 2.04 bits per heavy atom. The molecule has 4 nitrogen and oxygen atoms in total. The second kappa shape index (κ2) is 6.62. The summed E-state index contributed by atoms with van der Waals surface area (Å²) < 4.78 is 1.11. The molecular formula is C17H15NO3S2. The molecule has 0 aliphatic carbocycles. The molecule has 0 aliphatic rings. The molecule has 2 aromatic heterocycles. The van der Waals surface area contributed by atoms with Crippen molar-refractivity contribution in [1.82, 2.24) is 5.32 Å². The molecule has 1 amide bonds. The minimum absolute atomic E-state index is 0.0642. The zero-order valence-corrected chi connectivity index (χ0v) is 14.0. The summed E-state index contributed by atoms with van der Waals surface area (Å²) in [4.78, 5) is 24.6. The van der Waals surface area contributed by atoms with E-state index in [1.165, 1.54) is 29.6 Å². The van der Waals surface area contributed by atoms with Crippen molar-refractivity contribution < 1.29 is 14.7 Å². The van der Waals surface area contributed by atoms with Gasteiger partial charge >= 0.3 is 0 Å². The molecule has 0 unspecified atom stereocenters. The summed E-state index contributed by atoms with van der Waals surface area (Å²) in [6.45, 7) is 1.61. The van der Waals surface area contributed by atoms with E-state index in [9.17, 15) is 14.7 Å². The number of amides is 1. The van der Waals surface area contributed by atoms with E-state index in [1.807, 2.05) is 30.3 Å². The van der Waals surface area contributed by atoms with Crippen molar-refractivity contribution in [2.75, 3.05) is 6.54 Å². The van der Waals surface area contributed by atoms with Crippen LogP contribution in [0.25, 0.3) is 10.1 Å². The normalized spacial score (nSPS) is 12.3. The second-order valence-electron chi connectivity index (χ2n) is 5.17. The van der Waals surface area contributed by atoms with Gasteiger partial charge in [-0.1, -0.05) is 18.2 Å². The second-order valence-corrected chi connectivity index (χ2v) is 7.19. The monoisotopic (exact) mass is 345 g/mol. The van der Waals surface area contributed by atoms with Gasteiger partial charge in [-0.05, 0) is 30.5 Å². The molecule has 1 atom stereocenters. The number of hydrogen-bond donors (Lipinski definition) is 2. The SMILES string of the molecule is CC(=O)c1csc(C(=O)NC[C@@H](O)c2cc3ccccc3s2)c1. The summed E-state index contributed by atoms with van der Waals surface area (Å²) in [6, 6.07) is 11.4. The quantitative estimate of drug-likeness (QED) is 0.694. The Hall–Kier alpha value is -2.02. The Labute approximate surface area is 141 Å². The number of hydrogen-bond acceptors (Lipinski definition) is 5. The zero-order valence-electron chi connectivity index (χ0n) is 12.4. The van der Waals surface area contributed by atoms with Crippen molar-refractivity contribution >= 4 is 44.5 Å². The summed E-state index contributed by atoms with van der Waals surface area (Å²) in [5.74, 6) is -0.340. The maximum Gasteiger partial charge on any atom is 0.261 e. The minimum Gasteiger partial charge on any atom is -0.386 e. The van der Waals surface area contributed by atoms with E-state index < -0.39 is 6.10 Å². The first kappa shape index (κ1) is 15.9. The van der Waals surface area contributed by atoms with Crippen LogP contribution >= 0.6 is 22.7 Å². The molecule has 0 fully saturated rings. The predicted octanol–water partition coefficient (Wildman–Crippen LogP) is 3.63. The average molecular weight is 345 g/mol. The fraction of sp³-hybridized carbons (Fsp3) is 0.176. The van der Waals surface area contributed by atoms with Gasteiger partial charge in [-0.2, -0.15) is 0 Å². The maximum absolute atomic E-state index is 12.1. The number of aliphatic hydroxyl groups is 1. The highest BCUT2D eigenvalue weighted by atomic mass is 32.1. The zero-order chi connectivity index (χ0) is 16.4.